The molecule has 3 aromatic carbocycles. The van der Waals surface area contributed by atoms with Crippen molar-refractivity contribution >= 4 is 46.6 Å². The van der Waals surface area contributed by atoms with Crippen LogP contribution in [0.15, 0.2) is 71.6 Å². The molecule has 0 aliphatic rings. The van der Waals surface area contributed by atoms with Crippen LogP contribution in [0.5, 0.6) is 5.75 Å². The number of rotatable bonds is 7. The van der Waals surface area contributed by atoms with Crippen molar-refractivity contribution in [2.24, 2.45) is 0 Å². The summed E-state index contributed by atoms with van der Waals surface area (Å²) in [6, 6.07) is 18.0. The average Bonchev–Trinajstić information content (AvgIpc) is 2.76. The minimum Gasteiger partial charge on any atom is -0.497 e. The predicted octanol–water partition coefficient (Wildman–Crippen LogP) is 5.47. The molecule has 0 saturated heterocycles. The van der Waals surface area contributed by atoms with Crippen molar-refractivity contribution in [2.45, 2.75) is 4.90 Å². The Hall–Kier alpha value is -3.03. The lowest BCUT2D eigenvalue weighted by atomic mass is 10.2. The maximum atomic E-state index is 13.2. The summed E-state index contributed by atoms with van der Waals surface area (Å²) in [5.41, 5.74) is 1.60. The Bertz CT molecular complexity index is 1040. The lowest BCUT2D eigenvalue weighted by Crippen LogP contribution is -2.14. The first kappa shape index (κ1) is 21.7. The largest absolute Gasteiger partial charge is 0.497 e. The zero-order valence-corrected chi connectivity index (χ0v) is 17.5. The normalized spacial score (nSPS) is 10.4. The number of ether oxygens (including phenoxy) is 1. The molecule has 0 spiro atoms. The Labute approximate surface area is 182 Å². The molecule has 0 radical (unpaired) electrons. The highest BCUT2D eigenvalue weighted by Crippen LogP contribution is 2.23. The fourth-order valence-electron chi connectivity index (χ4n) is 2.50. The summed E-state index contributed by atoms with van der Waals surface area (Å²) < 4.78 is 18.2. The van der Waals surface area contributed by atoms with E-state index in [9.17, 15) is 14.0 Å². The maximum Gasteiger partial charge on any atom is 0.255 e. The molecule has 0 saturated carbocycles. The zero-order chi connectivity index (χ0) is 21.5. The van der Waals surface area contributed by atoms with Gasteiger partial charge in [-0.1, -0.05) is 11.6 Å². The van der Waals surface area contributed by atoms with E-state index >= 15 is 0 Å². The fourth-order valence-corrected chi connectivity index (χ4v) is 3.38. The van der Waals surface area contributed by atoms with Crippen molar-refractivity contribution in [1.82, 2.24) is 0 Å². The molecular weight excluding hydrogens is 427 g/mol. The fraction of sp³-hybridized carbons (Fsp3) is 0.0909. The van der Waals surface area contributed by atoms with E-state index < -0.39 is 5.82 Å². The molecule has 0 aliphatic heterocycles. The van der Waals surface area contributed by atoms with Gasteiger partial charge in [-0.15, -0.1) is 11.8 Å². The quantitative estimate of drug-likeness (QED) is 0.474. The summed E-state index contributed by atoms with van der Waals surface area (Å²) in [5.74, 6) is -0.148. The lowest BCUT2D eigenvalue weighted by Gasteiger charge is -2.08. The highest BCUT2D eigenvalue weighted by atomic mass is 35.5. The summed E-state index contributed by atoms with van der Waals surface area (Å²) in [6.45, 7) is 0. The number of hydrogen-bond acceptors (Lipinski definition) is 4. The Morgan fingerprint density at radius 3 is 2.27 bits per heavy atom. The average molecular weight is 445 g/mol. The van der Waals surface area contributed by atoms with Gasteiger partial charge in [-0.25, -0.2) is 4.39 Å². The summed E-state index contributed by atoms with van der Waals surface area (Å²) in [4.78, 5) is 25.2. The van der Waals surface area contributed by atoms with E-state index in [1.54, 1.807) is 43.5 Å². The Morgan fingerprint density at radius 1 is 0.967 bits per heavy atom. The van der Waals surface area contributed by atoms with E-state index in [0.717, 1.165) is 4.90 Å². The van der Waals surface area contributed by atoms with E-state index in [1.807, 2.05) is 12.1 Å². The van der Waals surface area contributed by atoms with E-state index in [4.69, 9.17) is 16.3 Å². The Morgan fingerprint density at radius 2 is 1.63 bits per heavy atom. The molecule has 0 unspecified atom stereocenters. The van der Waals surface area contributed by atoms with Gasteiger partial charge in [0.1, 0.15) is 11.6 Å². The van der Waals surface area contributed by atoms with Crippen molar-refractivity contribution in [3.8, 4) is 5.75 Å². The van der Waals surface area contributed by atoms with Crippen LogP contribution >= 0.6 is 23.4 Å². The lowest BCUT2D eigenvalue weighted by molar-refractivity contribution is -0.113. The highest BCUT2D eigenvalue weighted by molar-refractivity contribution is 8.00. The summed E-state index contributed by atoms with van der Waals surface area (Å²) in [6.07, 6.45) is 0. The number of amides is 2. The molecule has 3 rings (SSSR count). The van der Waals surface area contributed by atoms with E-state index in [0.29, 0.717) is 22.7 Å². The van der Waals surface area contributed by atoms with Crippen LogP contribution in [0.25, 0.3) is 0 Å². The standard InChI is InChI=1S/C22H18ClFN2O3S/c1-29-17-7-2-14(3-8-17)22(28)26-15-4-9-18(10-5-15)30-13-21(27)25-16-6-11-20(24)19(23)12-16/h2-12H,13H2,1H3,(H,25,27)(H,26,28). The highest BCUT2D eigenvalue weighted by Gasteiger charge is 2.08. The number of anilines is 2. The number of hydrogen-bond donors (Lipinski definition) is 2. The van der Waals surface area contributed by atoms with Gasteiger partial charge in [-0.05, 0) is 66.7 Å². The van der Waals surface area contributed by atoms with E-state index in [-0.39, 0.29) is 22.6 Å². The molecule has 0 bridgehead atoms. The molecule has 0 fully saturated rings. The third-order valence-corrected chi connectivity index (χ3v) is 5.34. The number of thioether (sulfide) groups is 1. The topological polar surface area (TPSA) is 67.4 Å². The molecule has 5 nitrogen and oxygen atoms in total. The summed E-state index contributed by atoms with van der Waals surface area (Å²) in [7, 11) is 1.57. The van der Waals surface area contributed by atoms with Crippen LogP contribution in [0.3, 0.4) is 0 Å². The number of benzene rings is 3. The van der Waals surface area contributed by atoms with Crippen LogP contribution in [-0.2, 0) is 4.79 Å². The van der Waals surface area contributed by atoms with Gasteiger partial charge >= 0.3 is 0 Å². The van der Waals surface area contributed by atoms with Crippen LogP contribution in [-0.4, -0.2) is 24.7 Å². The first-order valence-electron chi connectivity index (χ1n) is 8.88. The number of halogens is 2. The smallest absolute Gasteiger partial charge is 0.255 e. The number of carbonyl (C=O) groups is 2. The second-order valence-corrected chi connectivity index (χ2v) is 7.63. The Balaban J connectivity index is 1.50. The van der Waals surface area contributed by atoms with E-state index in [1.165, 1.54) is 30.0 Å². The number of carbonyl (C=O) groups excluding carboxylic acids is 2. The van der Waals surface area contributed by atoms with Crippen molar-refractivity contribution in [1.29, 1.82) is 0 Å². The third kappa shape index (κ3) is 5.98. The molecule has 30 heavy (non-hydrogen) atoms. The molecule has 0 aliphatic carbocycles. The van der Waals surface area contributed by atoms with Gasteiger partial charge in [0.05, 0.1) is 17.9 Å². The molecule has 0 aromatic heterocycles. The van der Waals surface area contributed by atoms with Crippen molar-refractivity contribution in [3.63, 3.8) is 0 Å². The molecule has 3 aromatic rings. The molecule has 0 atom stereocenters. The van der Waals surface area contributed by atoms with Crippen LogP contribution < -0.4 is 15.4 Å². The first-order valence-corrected chi connectivity index (χ1v) is 10.2. The van der Waals surface area contributed by atoms with Gasteiger partial charge in [0, 0.05) is 21.8 Å². The zero-order valence-electron chi connectivity index (χ0n) is 15.9. The molecule has 154 valence electrons. The van der Waals surface area contributed by atoms with E-state index in [2.05, 4.69) is 10.6 Å². The van der Waals surface area contributed by atoms with Gasteiger partial charge in [0.15, 0.2) is 0 Å². The van der Waals surface area contributed by atoms with Gasteiger partial charge in [0.2, 0.25) is 5.91 Å². The monoisotopic (exact) mass is 444 g/mol. The van der Waals surface area contributed by atoms with Crippen LogP contribution in [0, 0.1) is 5.82 Å². The van der Waals surface area contributed by atoms with Crippen molar-refractivity contribution < 1.29 is 18.7 Å². The van der Waals surface area contributed by atoms with Crippen LogP contribution in [0.2, 0.25) is 5.02 Å². The first-order chi connectivity index (χ1) is 14.4. The predicted molar refractivity (Wildman–Crippen MR) is 118 cm³/mol. The van der Waals surface area contributed by atoms with Gasteiger partial charge in [0.25, 0.3) is 5.91 Å². The number of methoxy groups -OCH3 is 1. The second kappa shape index (κ2) is 10.1. The van der Waals surface area contributed by atoms with Gasteiger partial charge < -0.3 is 15.4 Å². The van der Waals surface area contributed by atoms with Crippen LogP contribution in [0.1, 0.15) is 10.4 Å². The molecule has 2 amide bonds. The molecule has 2 N–H and O–H groups in total. The minimum atomic E-state index is -0.539. The molecular formula is C22H18ClFN2O3S. The van der Waals surface area contributed by atoms with Gasteiger partial charge in [-0.2, -0.15) is 0 Å². The maximum absolute atomic E-state index is 13.2. The SMILES string of the molecule is COc1ccc(C(=O)Nc2ccc(SCC(=O)Nc3ccc(F)c(Cl)c3)cc2)cc1. The molecule has 0 heterocycles. The summed E-state index contributed by atoms with van der Waals surface area (Å²) in [5, 5.41) is 5.44. The molecule has 8 heteroatoms. The van der Waals surface area contributed by atoms with Crippen molar-refractivity contribution in [2.75, 3.05) is 23.5 Å². The van der Waals surface area contributed by atoms with Crippen molar-refractivity contribution in [3.05, 3.63) is 83.1 Å². The second-order valence-electron chi connectivity index (χ2n) is 6.17. The third-order valence-electron chi connectivity index (χ3n) is 4.04. The van der Waals surface area contributed by atoms with Gasteiger partial charge in [-0.3, -0.25) is 9.59 Å². The minimum absolute atomic E-state index is 0.0484. The number of nitrogens with one attached hydrogen (secondary N) is 2. The van der Waals surface area contributed by atoms with Crippen LogP contribution in [0.4, 0.5) is 15.8 Å². The summed E-state index contributed by atoms with van der Waals surface area (Å²) >= 11 is 7.04. The Kier molecular flexibility index (Phi) is 7.32.